The number of hydrogen-bond acceptors (Lipinski definition) is 4. The van der Waals surface area contributed by atoms with Crippen LogP contribution in [-0.2, 0) is 0 Å². The van der Waals surface area contributed by atoms with Gasteiger partial charge in [0.05, 0.1) is 6.07 Å². The molecule has 0 saturated heterocycles. The minimum Gasteiger partial charge on any atom is -0.354 e. The monoisotopic (exact) mass is 196 g/mol. The van der Waals surface area contributed by atoms with Crippen molar-refractivity contribution in [3.05, 3.63) is 17.5 Å². The molecule has 13 heavy (non-hydrogen) atoms. The zero-order valence-electron chi connectivity index (χ0n) is 7.16. The van der Waals surface area contributed by atoms with Crippen LogP contribution >= 0.6 is 11.6 Å². The quantitative estimate of drug-likeness (QED) is 0.750. The lowest BCUT2D eigenvalue weighted by atomic mass is 10.2. The maximum absolute atomic E-state index is 8.67. The Balaban J connectivity index is 2.69. The molecule has 0 saturated carbocycles. The van der Waals surface area contributed by atoms with E-state index in [4.69, 9.17) is 16.9 Å². The van der Waals surface area contributed by atoms with Crippen molar-refractivity contribution in [2.75, 3.05) is 5.32 Å². The van der Waals surface area contributed by atoms with Crippen molar-refractivity contribution in [1.82, 2.24) is 9.97 Å². The van der Waals surface area contributed by atoms with Crippen LogP contribution < -0.4 is 5.32 Å². The molecule has 1 heterocycles. The van der Waals surface area contributed by atoms with E-state index in [0.29, 0.717) is 5.82 Å². The molecule has 0 bridgehead atoms. The van der Waals surface area contributed by atoms with Crippen LogP contribution in [0.5, 0.6) is 0 Å². The van der Waals surface area contributed by atoms with Crippen molar-refractivity contribution in [2.24, 2.45) is 0 Å². The normalized spacial score (nSPS) is 11.8. The van der Waals surface area contributed by atoms with E-state index < -0.39 is 0 Å². The van der Waals surface area contributed by atoms with E-state index >= 15 is 0 Å². The highest BCUT2D eigenvalue weighted by Gasteiger charge is 2.04. The molecule has 1 aromatic heterocycles. The molecule has 0 spiro atoms. The minimum atomic E-state index is -0.231. The van der Waals surface area contributed by atoms with E-state index in [2.05, 4.69) is 21.4 Å². The average molecular weight is 197 g/mol. The lowest BCUT2D eigenvalue weighted by Crippen LogP contribution is -2.16. The van der Waals surface area contributed by atoms with Crippen molar-refractivity contribution >= 4 is 17.4 Å². The molecular weight excluding hydrogens is 188 g/mol. The summed E-state index contributed by atoms with van der Waals surface area (Å²) in [5.41, 5.74) is 0. The first-order chi connectivity index (χ1) is 6.26. The highest BCUT2D eigenvalue weighted by Crippen LogP contribution is 2.07. The van der Waals surface area contributed by atoms with Crippen molar-refractivity contribution < 1.29 is 0 Å². The number of aromatic nitrogens is 2. The summed E-state index contributed by atoms with van der Waals surface area (Å²) in [6, 6.07) is 3.55. The predicted octanol–water partition coefficient (Wildman–Crippen LogP) is 1.84. The molecule has 4 nitrogen and oxygen atoms in total. The Morgan fingerprint density at radius 1 is 1.77 bits per heavy atom. The van der Waals surface area contributed by atoms with Crippen LogP contribution in [0.25, 0.3) is 0 Å². The summed E-state index contributed by atoms with van der Waals surface area (Å²) in [6.07, 6.45) is 2.26. The summed E-state index contributed by atoms with van der Waals surface area (Å²) < 4.78 is 0. The van der Waals surface area contributed by atoms with Crippen molar-refractivity contribution in [1.29, 1.82) is 5.26 Å². The molecular formula is C8H9ClN4. The van der Waals surface area contributed by atoms with E-state index in [1.165, 1.54) is 0 Å². The molecule has 5 heteroatoms. The van der Waals surface area contributed by atoms with Crippen molar-refractivity contribution in [3.63, 3.8) is 0 Å². The molecule has 1 aromatic rings. The van der Waals surface area contributed by atoms with E-state index in [-0.39, 0.29) is 11.3 Å². The molecule has 0 aromatic carbocycles. The largest absolute Gasteiger partial charge is 0.354 e. The number of nitrogens with one attached hydrogen (secondary N) is 1. The third-order valence-corrected chi connectivity index (χ3v) is 1.69. The molecule has 1 N–H and O–H groups in total. The van der Waals surface area contributed by atoms with Crippen LogP contribution in [0.1, 0.15) is 13.3 Å². The maximum atomic E-state index is 8.67. The van der Waals surface area contributed by atoms with Gasteiger partial charge in [-0.2, -0.15) is 5.26 Å². The summed E-state index contributed by atoms with van der Waals surface area (Å²) in [4.78, 5) is 7.63. The second-order valence-electron chi connectivity index (χ2n) is 2.45. The van der Waals surface area contributed by atoms with E-state index in [0.717, 1.165) is 6.42 Å². The summed E-state index contributed by atoms with van der Waals surface area (Å²) in [5, 5.41) is 11.8. The zero-order chi connectivity index (χ0) is 9.68. The first-order valence-corrected chi connectivity index (χ1v) is 4.28. The zero-order valence-corrected chi connectivity index (χ0v) is 7.91. The molecule has 0 radical (unpaired) electrons. The fourth-order valence-electron chi connectivity index (χ4n) is 0.819. The Bertz CT molecular complexity index is 320. The van der Waals surface area contributed by atoms with Gasteiger partial charge in [-0.05, 0) is 24.1 Å². The summed E-state index contributed by atoms with van der Waals surface area (Å²) in [5.74, 6) is 0.577. The predicted molar refractivity (Wildman–Crippen MR) is 50.4 cm³/mol. The molecule has 0 aliphatic carbocycles. The Morgan fingerprint density at radius 3 is 3.08 bits per heavy atom. The fraction of sp³-hybridized carbons (Fsp3) is 0.375. The Hall–Kier alpha value is -1.34. The fourth-order valence-corrected chi connectivity index (χ4v) is 0.967. The van der Waals surface area contributed by atoms with E-state index in [9.17, 15) is 0 Å². The van der Waals surface area contributed by atoms with Crippen molar-refractivity contribution in [3.8, 4) is 6.07 Å². The highest BCUT2D eigenvalue weighted by atomic mass is 35.5. The molecule has 0 aliphatic heterocycles. The SMILES string of the molecule is CC[C@@H](C#N)Nc1ccnc(Cl)n1. The second-order valence-corrected chi connectivity index (χ2v) is 2.78. The Labute approximate surface area is 81.6 Å². The first kappa shape index (κ1) is 9.75. The number of hydrogen-bond donors (Lipinski definition) is 1. The number of nitriles is 1. The number of halogens is 1. The van der Waals surface area contributed by atoms with Gasteiger partial charge < -0.3 is 5.32 Å². The van der Waals surface area contributed by atoms with Gasteiger partial charge in [0.2, 0.25) is 5.28 Å². The van der Waals surface area contributed by atoms with Gasteiger partial charge in [-0.1, -0.05) is 6.92 Å². The average Bonchev–Trinajstić information content (AvgIpc) is 2.14. The Kier molecular flexibility index (Phi) is 3.47. The van der Waals surface area contributed by atoms with Gasteiger partial charge in [0, 0.05) is 6.20 Å². The summed E-state index contributed by atoms with van der Waals surface area (Å²) in [7, 11) is 0. The highest BCUT2D eigenvalue weighted by molar-refractivity contribution is 6.28. The molecule has 0 fully saturated rings. The minimum absolute atomic E-state index is 0.179. The van der Waals surface area contributed by atoms with Gasteiger partial charge in [-0.25, -0.2) is 9.97 Å². The van der Waals surface area contributed by atoms with Gasteiger partial charge in [0.15, 0.2) is 0 Å². The van der Waals surface area contributed by atoms with Gasteiger partial charge >= 0.3 is 0 Å². The van der Waals surface area contributed by atoms with Gasteiger partial charge in [0.1, 0.15) is 11.9 Å². The van der Waals surface area contributed by atoms with Crippen molar-refractivity contribution in [2.45, 2.75) is 19.4 Å². The Morgan fingerprint density at radius 2 is 2.54 bits per heavy atom. The molecule has 1 atom stereocenters. The molecule has 0 amide bonds. The molecule has 0 unspecified atom stereocenters. The van der Waals surface area contributed by atoms with Gasteiger partial charge in [0.25, 0.3) is 0 Å². The lowest BCUT2D eigenvalue weighted by molar-refractivity contribution is 0.837. The summed E-state index contributed by atoms with van der Waals surface area (Å²) in [6.45, 7) is 1.92. The first-order valence-electron chi connectivity index (χ1n) is 3.91. The maximum Gasteiger partial charge on any atom is 0.224 e. The number of nitrogens with zero attached hydrogens (tertiary/aromatic N) is 3. The number of anilines is 1. The van der Waals surface area contributed by atoms with Crippen LogP contribution in [0.4, 0.5) is 5.82 Å². The van der Waals surface area contributed by atoms with E-state index in [1.54, 1.807) is 12.3 Å². The number of rotatable bonds is 3. The van der Waals surface area contributed by atoms with Crippen LogP contribution in [0.15, 0.2) is 12.3 Å². The van der Waals surface area contributed by atoms with Crippen LogP contribution in [0, 0.1) is 11.3 Å². The third-order valence-electron chi connectivity index (χ3n) is 1.51. The van der Waals surface area contributed by atoms with Crippen LogP contribution in [0.3, 0.4) is 0 Å². The molecule has 0 aliphatic rings. The van der Waals surface area contributed by atoms with Gasteiger partial charge in [-0.3, -0.25) is 0 Å². The molecule has 68 valence electrons. The van der Waals surface area contributed by atoms with Crippen LogP contribution in [-0.4, -0.2) is 16.0 Å². The standard InChI is InChI=1S/C8H9ClN4/c1-2-6(5-10)12-7-3-4-11-8(9)13-7/h3-4,6H,2H2,1H3,(H,11,12,13)/t6-/m0/s1. The third kappa shape index (κ3) is 2.88. The lowest BCUT2D eigenvalue weighted by Gasteiger charge is -2.08. The van der Waals surface area contributed by atoms with Gasteiger partial charge in [-0.15, -0.1) is 0 Å². The topological polar surface area (TPSA) is 61.6 Å². The van der Waals surface area contributed by atoms with Crippen LogP contribution in [0.2, 0.25) is 5.28 Å². The second kappa shape index (κ2) is 4.63. The summed E-state index contributed by atoms with van der Waals surface area (Å²) >= 11 is 5.57. The molecule has 1 rings (SSSR count). The van der Waals surface area contributed by atoms with E-state index in [1.807, 2.05) is 6.92 Å². The smallest absolute Gasteiger partial charge is 0.224 e.